The lowest BCUT2D eigenvalue weighted by Gasteiger charge is -2.34. The van der Waals surface area contributed by atoms with Gasteiger partial charge in [-0.25, -0.2) is 9.97 Å². The number of likely N-dealkylation sites (tertiary alicyclic amines) is 1. The number of rotatable bonds is 4. The summed E-state index contributed by atoms with van der Waals surface area (Å²) in [6, 6.07) is 5.97. The largest absolute Gasteiger partial charge is 0.348 e. The Morgan fingerprint density at radius 1 is 1.18 bits per heavy atom. The predicted molar refractivity (Wildman–Crippen MR) is 108 cm³/mol. The molecule has 0 aliphatic carbocycles. The molecule has 0 bridgehead atoms. The summed E-state index contributed by atoms with van der Waals surface area (Å²) in [5.74, 6) is 1.22. The highest BCUT2D eigenvalue weighted by molar-refractivity contribution is 5.84. The molecule has 2 aliphatic heterocycles. The fourth-order valence-electron chi connectivity index (χ4n) is 4.80. The van der Waals surface area contributed by atoms with Crippen LogP contribution >= 0.6 is 0 Å². The number of hydrogen-bond acceptors (Lipinski definition) is 6. The quantitative estimate of drug-likeness (QED) is 0.804. The molecule has 2 fully saturated rings. The molecule has 2 aliphatic rings. The van der Waals surface area contributed by atoms with Crippen molar-refractivity contribution in [3.63, 3.8) is 0 Å². The number of hydrogen-bond donors (Lipinski definition) is 0. The first kappa shape index (κ1) is 18.8. The van der Waals surface area contributed by atoms with Gasteiger partial charge in [0.05, 0.1) is 5.41 Å². The normalized spacial score (nSPS) is 25.2. The summed E-state index contributed by atoms with van der Waals surface area (Å²) in [6.45, 7) is 4.33. The highest BCUT2D eigenvalue weighted by Gasteiger charge is 2.54. The Kier molecular flexibility index (Phi) is 5.26. The first-order valence-corrected chi connectivity index (χ1v) is 9.93. The van der Waals surface area contributed by atoms with E-state index in [-0.39, 0.29) is 17.2 Å². The van der Waals surface area contributed by atoms with Gasteiger partial charge in [0.25, 0.3) is 0 Å². The van der Waals surface area contributed by atoms with Gasteiger partial charge in [-0.3, -0.25) is 14.7 Å². The zero-order valence-electron chi connectivity index (χ0n) is 16.7. The smallest absolute Gasteiger partial charge is 0.230 e. The Labute approximate surface area is 166 Å². The monoisotopic (exact) mass is 380 g/mol. The van der Waals surface area contributed by atoms with E-state index in [9.17, 15) is 4.79 Å². The minimum Gasteiger partial charge on any atom is -0.348 e. The molecule has 0 saturated carbocycles. The average Bonchev–Trinajstić information content (AvgIpc) is 2.99. The van der Waals surface area contributed by atoms with Gasteiger partial charge in [0.15, 0.2) is 0 Å². The number of pyridine rings is 1. The van der Waals surface area contributed by atoms with Crippen LogP contribution in [0.15, 0.2) is 43.0 Å². The molecule has 0 radical (unpaired) electrons. The molecule has 2 aromatic rings. The number of nitrogens with zero attached hydrogens (tertiary/aromatic N) is 6. The topological polar surface area (TPSA) is 65.5 Å². The van der Waals surface area contributed by atoms with Gasteiger partial charge < -0.3 is 9.80 Å². The molecule has 2 saturated heterocycles. The molecule has 1 amide bonds. The molecule has 2 aromatic heterocycles. The minimum absolute atomic E-state index is 0.238. The van der Waals surface area contributed by atoms with Gasteiger partial charge in [0.2, 0.25) is 11.9 Å². The number of anilines is 1. The summed E-state index contributed by atoms with van der Waals surface area (Å²) < 4.78 is 0. The van der Waals surface area contributed by atoms with E-state index < -0.39 is 0 Å². The lowest BCUT2D eigenvalue weighted by atomic mass is 9.74. The Bertz CT molecular complexity index is 799. The fourth-order valence-corrected chi connectivity index (χ4v) is 4.80. The van der Waals surface area contributed by atoms with Gasteiger partial charge in [-0.15, -0.1) is 0 Å². The summed E-state index contributed by atoms with van der Waals surface area (Å²) in [4.78, 5) is 32.8. The van der Waals surface area contributed by atoms with Gasteiger partial charge in [-0.05, 0) is 43.1 Å². The van der Waals surface area contributed by atoms with Gasteiger partial charge in [-0.2, -0.15) is 0 Å². The van der Waals surface area contributed by atoms with Crippen molar-refractivity contribution in [2.75, 3.05) is 45.2 Å². The van der Waals surface area contributed by atoms with E-state index >= 15 is 0 Å². The molecular weight excluding hydrogens is 352 g/mol. The molecule has 7 nitrogen and oxygen atoms in total. The SMILES string of the molecule is CN(C)C(=O)[C@]12CCCN(Cc3ccncc3)C[C@H]1CN(c1ncccn1)C2. The van der Waals surface area contributed by atoms with Crippen LogP contribution in [0.4, 0.5) is 5.95 Å². The predicted octanol–water partition coefficient (Wildman–Crippen LogP) is 1.68. The van der Waals surface area contributed by atoms with Crippen molar-refractivity contribution in [3.05, 3.63) is 48.5 Å². The fraction of sp³-hybridized carbons (Fsp3) is 0.524. The third-order valence-corrected chi connectivity index (χ3v) is 6.09. The summed E-state index contributed by atoms with van der Waals surface area (Å²) >= 11 is 0. The van der Waals surface area contributed by atoms with Gasteiger partial charge in [0, 0.05) is 71.0 Å². The maximum Gasteiger partial charge on any atom is 0.230 e. The summed E-state index contributed by atoms with van der Waals surface area (Å²) in [6.07, 6.45) is 9.16. The zero-order valence-corrected chi connectivity index (χ0v) is 16.7. The molecule has 4 rings (SSSR count). The zero-order chi connectivity index (χ0) is 19.6. The van der Waals surface area contributed by atoms with Crippen LogP contribution in [-0.2, 0) is 11.3 Å². The summed E-state index contributed by atoms with van der Waals surface area (Å²) in [5.41, 5.74) is 0.901. The molecule has 7 heteroatoms. The Morgan fingerprint density at radius 2 is 1.93 bits per heavy atom. The van der Waals surface area contributed by atoms with Crippen LogP contribution in [0.3, 0.4) is 0 Å². The van der Waals surface area contributed by atoms with Crippen LogP contribution in [0.25, 0.3) is 0 Å². The minimum atomic E-state index is -0.365. The lowest BCUT2D eigenvalue weighted by Crippen LogP contribution is -2.47. The van der Waals surface area contributed by atoms with Crippen molar-refractivity contribution in [2.24, 2.45) is 11.3 Å². The molecule has 0 N–H and O–H groups in total. The van der Waals surface area contributed by atoms with E-state index in [0.29, 0.717) is 6.54 Å². The van der Waals surface area contributed by atoms with Crippen LogP contribution in [0.5, 0.6) is 0 Å². The second-order valence-corrected chi connectivity index (χ2v) is 8.18. The van der Waals surface area contributed by atoms with Gasteiger partial charge in [0.1, 0.15) is 0 Å². The maximum atomic E-state index is 13.3. The second kappa shape index (κ2) is 7.83. The van der Waals surface area contributed by atoms with E-state index in [4.69, 9.17) is 0 Å². The molecular formula is C21H28N6O. The Balaban J connectivity index is 1.60. The van der Waals surface area contributed by atoms with Gasteiger partial charge >= 0.3 is 0 Å². The van der Waals surface area contributed by atoms with E-state index in [2.05, 4.69) is 36.9 Å². The lowest BCUT2D eigenvalue weighted by molar-refractivity contribution is -0.141. The van der Waals surface area contributed by atoms with E-state index in [1.807, 2.05) is 32.6 Å². The molecule has 28 heavy (non-hydrogen) atoms. The number of carbonyl (C=O) groups is 1. The highest BCUT2D eigenvalue weighted by atomic mass is 16.2. The number of amides is 1. The molecule has 2 atom stereocenters. The van der Waals surface area contributed by atoms with Crippen LogP contribution < -0.4 is 4.90 Å². The van der Waals surface area contributed by atoms with Crippen LogP contribution in [0.2, 0.25) is 0 Å². The Hall–Kier alpha value is -2.54. The van der Waals surface area contributed by atoms with Gasteiger partial charge in [-0.1, -0.05) is 0 Å². The van der Waals surface area contributed by atoms with E-state index in [1.54, 1.807) is 17.3 Å². The number of fused-ring (bicyclic) bond motifs is 1. The van der Waals surface area contributed by atoms with Crippen molar-refractivity contribution in [2.45, 2.75) is 19.4 Å². The average molecular weight is 380 g/mol. The molecule has 0 spiro atoms. The van der Waals surface area contributed by atoms with Crippen molar-refractivity contribution in [1.29, 1.82) is 0 Å². The first-order valence-electron chi connectivity index (χ1n) is 9.93. The molecule has 4 heterocycles. The van der Waals surface area contributed by atoms with Crippen molar-refractivity contribution in [3.8, 4) is 0 Å². The summed E-state index contributed by atoms with van der Waals surface area (Å²) in [7, 11) is 3.74. The van der Waals surface area contributed by atoms with Crippen LogP contribution in [0, 0.1) is 11.3 Å². The van der Waals surface area contributed by atoms with E-state index in [0.717, 1.165) is 45.0 Å². The van der Waals surface area contributed by atoms with Crippen molar-refractivity contribution in [1.82, 2.24) is 24.8 Å². The molecule has 0 unspecified atom stereocenters. The van der Waals surface area contributed by atoms with Crippen molar-refractivity contribution < 1.29 is 4.79 Å². The molecule has 0 aromatic carbocycles. The molecule has 148 valence electrons. The first-order chi connectivity index (χ1) is 13.6. The second-order valence-electron chi connectivity index (χ2n) is 8.18. The van der Waals surface area contributed by atoms with Crippen molar-refractivity contribution >= 4 is 11.9 Å². The third-order valence-electron chi connectivity index (χ3n) is 6.09. The standard InChI is InChI=1S/C21H28N6O/c1-25(2)19(28)21-7-3-12-26(13-17-5-10-22-11-6-17)14-18(21)15-27(16-21)20-23-8-4-9-24-20/h4-6,8-11,18H,3,7,12-16H2,1-2H3/t18-,21-/m0/s1. The van der Waals surface area contributed by atoms with E-state index in [1.165, 1.54) is 5.56 Å². The number of aromatic nitrogens is 3. The highest BCUT2D eigenvalue weighted by Crippen LogP contribution is 2.44. The third kappa shape index (κ3) is 3.58. The Morgan fingerprint density at radius 3 is 2.64 bits per heavy atom. The number of carbonyl (C=O) groups excluding carboxylic acids is 1. The van der Waals surface area contributed by atoms with Crippen LogP contribution in [0.1, 0.15) is 18.4 Å². The van der Waals surface area contributed by atoms with Crippen LogP contribution in [-0.4, -0.2) is 70.9 Å². The summed E-state index contributed by atoms with van der Waals surface area (Å²) in [5, 5.41) is 0. The maximum absolute atomic E-state index is 13.3.